The van der Waals surface area contributed by atoms with E-state index in [-0.39, 0.29) is 40.9 Å². The van der Waals surface area contributed by atoms with Gasteiger partial charge in [-0.1, -0.05) is 25.3 Å². The number of carbonyl (C=O) groups excluding carboxylic acids is 2. The largest absolute Gasteiger partial charge is 0.348 e. The molecule has 2 aliphatic rings. The molecule has 2 N–H and O–H groups in total. The van der Waals surface area contributed by atoms with Gasteiger partial charge in [0.2, 0.25) is 0 Å². The van der Waals surface area contributed by atoms with E-state index in [1.54, 1.807) is 12.1 Å². The van der Waals surface area contributed by atoms with Crippen molar-refractivity contribution < 1.29 is 18.0 Å². The Morgan fingerprint density at radius 1 is 0.920 bits per heavy atom. The van der Waals surface area contributed by atoms with Crippen LogP contribution in [0.5, 0.6) is 0 Å². The van der Waals surface area contributed by atoms with Crippen LogP contribution in [0, 0.1) is 0 Å². The average Bonchev–Trinajstić information content (AvgIpc) is 2.94. The highest BCUT2D eigenvalue weighted by Gasteiger charge is 2.29. The van der Waals surface area contributed by atoms with Crippen molar-refractivity contribution in [1.82, 2.24) is 15.6 Å². The molecule has 7 nitrogen and oxygen atoms in total. The van der Waals surface area contributed by atoms with Crippen LogP contribution < -0.4 is 10.6 Å². The van der Waals surface area contributed by atoms with Gasteiger partial charge in [0.15, 0.2) is 9.84 Å². The predicted molar refractivity (Wildman–Crippen MR) is 93.1 cm³/mol. The lowest BCUT2D eigenvalue weighted by Gasteiger charge is -2.22. The maximum absolute atomic E-state index is 12.3. The number of hydrogen-bond donors (Lipinski definition) is 2. The van der Waals surface area contributed by atoms with Crippen LogP contribution in [0.4, 0.5) is 0 Å². The summed E-state index contributed by atoms with van der Waals surface area (Å²) in [5.41, 5.74) is 0.331. The van der Waals surface area contributed by atoms with Gasteiger partial charge in [0, 0.05) is 12.1 Å². The Bertz CT molecular complexity index is 757. The first kappa shape index (κ1) is 17.8. The molecule has 1 aliphatic heterocycles. The van der Waals surface area contributed by atoms with Crippen molar-refractivity contribution in [3.8, 4) is 0 Å². The van der Waals surface area contributed by atoms with Crippen molar-refractivity contribution in [2.75, 3.05) is 11.5 Å². The summed E-state index contributed by atoms with van der Waals surface area (Å²) in [6, 6.07) is 4.50. The number of nitrogens with one attached hydrogen (secondary N) is 2. The van der Waals surface area contributed by atoms with Gasteiger partial charge in [0.25, 0.3) is 11.8 Å². The highest BCUT2D eigenvalue weighted by molar-refractivity contribution is 7.91. The molecule has 1 saturated heterocycles. The zero-order valence-electron chi connectivity index (χ0n) is 14.0. The summed E-state index contributed by atoms with van der Waals surface area (Å²) in [6.07, 6.45) is 5.80. The molecule has 1 unspecified atom stereocenters. The third-order valence-corrected chi connectivity index (χ3v) is 6.49. The van der Waals surface area contributed by atoms with Crippen molar-refractivity contribution in [2.45, 2.75) is 50.6 Å². The van der Waals surface area contributed by atoms with Crippen LogP contribution in [0.2, 0.25) is 0 Å². The Kier molecular flexibility index (Phi) is 5.36. The van der Waals surface area contributed by atoms with Crippen LogP contribution in [-0.2, 0) is 9.84 Å². The number of aromatic nitrogens is 1. The van der Waals surface area contributed by atoms with Gasteiger partial charge in [-0.2, -0.15) is 0 Å². The van der Waals surface area contributed by atoms with E-state index >= 15 is 0 Å². The van der Waals surface area contributed by atoms with Crippen LogP contribution in [0.1, 0.15) is 59.5 Å². The molecule has 1 atom stereocenters. The summed E-state index contributed by atoms with van der Waals surface area (Å²) in [4.78, 5) is 28.8. The van der Waals surface area contributed by atoms with E-state index in [4.69, 9.17) is 0 Å². The van der Waals surface area contributed by atoms with Crippen molar-refractivity contribution in [3.63, 3.8) is 0 Å². The molecule has 8 heteroatoms. The highest BCUT2D eigenvalue weighted by atomic mass is 32.2. The summed E-state index contributed by atoms with van der Waals surface area (Å²) >= 11 is 0. The van der Waals surface area contributed by atoms with Gasteiger partial charge in [-0.15, -0.1) is 0 Å². The first-order valence-corrected chi connectivity index (χ1v) is 10.5. The van der Waals surface area contributed by atoms with Crippen molar-refractivity contribution in [1.29, 1.82) is 0 Å². The Morgan fingerprint density at radius 3 is 2.08 bits per heavy atom. The molecule has 136 valence electrons. The second kappa shape index (κ2) is 7.51. The Morgan fingerprint density at radius 2 is 1.52 bits per heavy atom. The Balaban J connectivity index is 1.62. The van der Waals surface area contributed by atoms with Crippen LogP contribution in [-0.4, -0.2) is 48.8 Å². The molecule has 2 fully saturated rings. The van der Waals surface area contributed by atoms with Crippen LogP contribution in [0.15, 0.2) is 18.2 Å². The Labute approximate surface area is 147 Å². The second-order valence-corrected chi connectivity index (χ2v) is 9.02. The van der Waals surface area contributed by atoms with Gasteiger partial charge >= 0.3 is 0 Å². The van der Waals surface area contributed by atoms with Crippen molar-refractivity contribution in [2.24, 2.45) is 0 Å². The first-order chi connectivity index (χ1) is 11.9. The highest BCUT2D eigenvalue weighted by Crippen LogP contribution is 2.18. The average molecular weight is 365 g/mol. The lowest BCUT2D eigenvalue weighted by Crippen LogP contribution is -2.38. The van der Waals surface area contributed by atoms with Gasteiger partial charge in [0.05, 0.1) is 11.5 Å². The van der Waals surface area contributed by atoms with Crippen molar-refractivity contribution in [3.05, 3.63) is 29.6 Å². The van der Waals surface area contributed by atoms with Gasteiger partial charge in [0.1, 0.15) is 11.4 Å². The SMILES string of the molecule is O=C(NC1CCCCC1)c1cccc(C(=O)NC2CCS(=O)(=O)C2)n1. The molecule has 0 spiro atoms. The fourth-order valence-corrected chi connectivity index (χ4v) is 5.04. The van der Waals surface area contributed by atoms with Crippen molar-refractivity contribution >= 4 is 21.7 Å². The summed E-state index contributed by atoms with van der Waals surface area (Å²) in [5.74, 6) is -0.671. The van der Waals surface area contributed by atoms with Gasteiger partial charge in [-0.05, 0) is 31.4 Å². The first-order valence-electron chi connectivity index (χ1n) is 8.72. The molecule has 3 rings (SSSR count). The number of carbonyl (C=O) groups is 2. The quantitative estimate of drug-likeness (QED) is 0.830. The van der Waals surface area contributed by atoms with Gasteiger partial charge in [-0.25, -0.2) is 13.4 Å². The standard InChI is InChI=1S/C17H23N3O4S/c21-16(18-12-5-2-1-3-6-12)14-7-4-8-15(20-14)17(22)19-13-9-10-25(23,24)11-13/h4,7-8,12-13H,1-3,5-6,9-11H2,(H,18,21)(H,19,22). The van der Waals surface area contributed by atoms with E-state index in [1.165, 1.54) is 12.5 Å². The molecule has 2 heterocycles. The fraction of sp³-hybridized carbons (Fsp3) is 0.588. The number of amides is 2. The number of nitrogens with zero attached hydrogens (tertiary/aromatic N) is 1. The third-order valence-electron chi connectivity index (χ3n) is 4.72. The lowest BCUT2D eigenvalue weighted by atomic mass is 9.95. The fourth-order valence-electron chi connectivity index (χ4n) is 3.36. The summed E-state index contributed by atoms with van der Waals surface area (Å²) < 4.78 is 22.9. The molecule has 1 aliphatic carbocycles. The molecule has 25 heavy (non-hydrogen) atoms. The van der Waals surface area contributed by atoms with E-state index in [0.29, 0.717) is 6.42 Å². The van der Waals surface area contributed by atoms with Crippen LogP contribution >= 0.6 is 0 Å². The number of hydrogen-bond acceptors (Lipinski definition) is 5. The van der Waals surface area contributed by atoms with E-state index in [9.17, 15) is 18.0 Å². The van der Waals surface area contributed by atoms with Gasteiger partial charge < -0.3 is 10.6 Å². The van der Waals surface area contributed by atoms with Gasteiger partial charge in [-0.3, -0.25) is 9.59 Å². The molecular weight excluding hydrogens is 342 g/mol. The molecule has 1 aromatic heterocycles. The van der Waals surface area contributed by atoms with Crippen LogP contribution in [0.3, 0.4) is 0 Å². The number of sulfone groups is 1. The molecule has 2 amide bonds. The zero-order chi connectivity index (χ0) is 17.9. The topological polar surface area (TPSA) is 105 Å². The minimum atomic E-state index is -3.06. The molecule has 1 aromatic rings. The maximum Gasteiger partial charge on any atom is 0.270 e. The van der Waals surface area contributed by atoms with Crippen LogP contribution in [0.25, 0.3) is 0 Å². The van der Waals surface area contributed by atoms with E-state index < -0.39 is 15.7 Å². The summed E-state index contributed by atoms with van der Waals surface area (Å²) in [7, 11) is -3.06. The summed E-state index contributed by atoms with van der Waals surface area (Å²) in [6.45, 7) is 0. The second-order valence-electron chi connectivity index (χ2n) is 6.79. The predicted octanol–water partition coefficient (Wildman–Crippen LogP) is 1.06. The summed E-state index contributed by atoms with van der Waals surface area (Å²) in [5, 5.41) is 5.66. The van der Waals surface area contributed by atoms with E-state index in [1.807, 2.05) is 0 Å². The molecule has 0 bridgehead atoms. The molecular formula is C17H23N3O4S. The minimum absolute atomic E-state index is 0.0411. The smallest absolute Gasteiger partial charge is 0.270 e. The molecule has 0 radical (unpaired) electrons. The maximum atomic E-state index is 12.3. The normalized spacial score (nSPS) is 23.1. The van der Waals surface area contributed by atoms with E-state index in [2.05, 4.69) is 15.6 Å². The monoisotopic (exact) mass is 365 g/mol. The zero-order valence-corrected chi connectivity index (χ0v) is 14.8. The minimum Gasteiger partial charge on any atom is -0.348 e. The number of pyridine rings is 1. The molecule has 1 saturated carbocycles. The Hall–Kier alpha value is -1.96. The third kappa shape index (κ3) is 4.78. The van der Waals surface area contributed by atoms with E-state index in [0.717, 1.165) is 25.7 Å². The lowest BCUT2D eigenvalue weighted by molar-refractivity contribution is 0.0921. The molecule has 0 aromatic carbocycles. The number of rotatable bonds is 4.